The molecule has 3 aliphatic carbocycles. The predicted molar refractivity (Wildman–Crippen MR) is 179 cm³/mol. The molecular formula is C37H47N5O6. The molecule has 5 amide bonds. The second-order valence-corrected chi connectivity index (χ2v) is 14.4. The van der Waals surface area contributed by atoms with Crippen molar-refractivity contribution in [1.82, 2.24) is 20.9 Å². The molecule has 11 heteroatoms. The van der Waals surface area contributed by atoms with E-state index < -0.39 is 47.3 Å². The molecule has 11 nitrogen and oxygen atoms in total. The van der Waals surface area contributed by atoms with Gasteiger partial charge in [-0.3, -0.25) is 19.2 Å². The molecule has 6 rings (SSSR count). The average Bonchev–Trinajstić information content (AvgIpc) is 3.55. The minimum absolute atomic E-state index is 0.177. The number of fused-ring (bicyclic) bond motifs is 1. The maximum Gasteiger partial charge on any atom is 0.315 e. The van der Waals surface area contributed by atoms with Crippen molar-refractivity contribution in [3.63, 3.8) is 0 Å². The Kier molecular flexibility index (Phi) is 10.0. The first kappa shape index (κ1) is 33.5. The number of urea groups is 1. The van der Waals surface area contributed by atoms with Gasteiger partial charge in [0.2, 0.25) is 17.6 Å². The number of phenols is 1. The third-order valence-electron chi connectivity index (χ3n) is 10.7. The van der Waals surface area contributed by atoms with Gasteiger partial charge in [-0.2, -0.15) is 0 Å². The van der Waals surface area contributed by atoms with E-state index in [4.69, 9.17) is 5.73 Å². The third kappa shape index (κ3) is 7.82. The number of carbonyl (C=O) groups excluding carboxylic acids is 5. The molecule has 1 saturated heterocycles. The van der Waals surface area contributed by atoms with E-state index in [0.717, 1.165) is 61.6 Å². The second kappa shape index (κ2) is 14.4. The van der Waals surface area contributed by atoms with Gasteiger partial charge in [0.05, 0.1) is 6.04 Å². The fourth-order valence-electron chi connectivity index (χ4n) is 8.10. The Bertz CT molecular complexity index is 1530. The minimum Gasteiger partial charge on any atom is -0.508 e. The highest BCUT2D eigenvalue weighted by Crippen LogP contribution is 2.35. The lowest BCUT2D eigenvalue weighted by atomic mass is 9.77. The van der Waals surface area contributed by atoms with Gasteiger partial charge in [-0.05, 0) is 92.0 Å². The maximum atomic E-state index is 14.5. The van der Waals surface area contributed by atoms with Gasteiger partial charge in [0.15, 0.2) is 0 Å². The molecule has 48 heavy (non-hydrogen) atoms. The highest BCUT2D eigenvalue weighted by atomic mass is 16.3. The molecule has 2 aromatic rings. The zero-order valence-electron chi connectivity index (χ0n) is 27.4. The lowest BCUT2D eigenvalue weighted by Gasteiger charge is -2.39. The molecule has 6 N–H and O–H groups in total. The molecule has 0 aromatic heterocycles. The van der Waals surface area contributed by atoms with Crippen LogP contribution in [0.1, 0.15) is 80.9 Å². The number of likely N-dealkylation sites (tertiary alicyclic amines) is 1. The van der Waals surface area contributed by atoms with Crippen LogP contribution < -0.4 is 21.7 Å². The van der Waals surface area contributed by atoms with E-state index in [1.807, 2.05) is 30.3 Å². The van der Waals surface area contributed by atoms with E-state index in [9.17, 15) is 29.1 Å². The van der Waals surface area contributed by atoms with E-state index in [2.05, 4.69) is 16.0 Å². The molecule has 0 spiro atoms. The number of carbonyl (C=O) groups is 5. The van der Waals surface area contributed by atoms with Crippen molar-refractivity contribution in [3.8, 4) is 5.75 Å². The SMILES string of the molecule is NC(=O)C(=O)C(CC1CC1)NC(=O)C1CCCN1C(=O)C(NC(=O)NC1(Cc2cccc(O)c2)CCCCC1)C1Cc2ccccc2C1. The summed E-state index contributed by atoms with van der Waals surface area (Å²) in [5.74, 6) is -2.49. The van der Waals surface area contributed by atoms with Gasteiger partial charge in [0.25, 0.3) is 5.91 Å². The van der Waals surface area contributed by atoms with Gasteiger partial charge in [0, 0.05) is 12.1 Å². The average molecular weight is 658 g/mol. The number of aromatic hydroxyl groups is 1. The molecule has 3 unspecified atom stereocenters. The highest BCUT2D eigenvalue weighted by Gasteiger charge is 2.44. The predicted octanol–water partition coefficient (Wildman–Crippen LogP) is 3.05. The van der Waals surface area contributed by atoms with Gasteiger partial charge in [-0.1, -0.05) is 68.5 Å². The Morgan fingerprint density at radius 1 is 0.896 bits per heavy atom. The molecule has 1 aliphatic heterocycles. The normalized spacial score (nSPS) is 21.5. The largest absolute Gasteiger partial charge is 0.508 e. The highest BCUT2D eigenvalue weighted by molar-refractivity contribution is 6.37. The van der Waals surface area contributed by atoms with Crippen LogP contribution >= 0.6 is 0 Å². The van der Waals surface area contributed by atoms with Crippen molar-refractivity contribution in [3.05, 3.63) is 65.2 Å². The van der Waals surface area contributed by atoms with E-state index in [-0.39, 0.29) is 23.5 Å². The fraction of sp³-hybridized carbons (Fsp3) is 0.541. The molecule has 1 heterocycles. The summed E-state index contributed by atoms with van der Waals surface area (Å²) >= 11 is 0. The first-order valence-corrected chi connectivity index (χ1v) is 17.5. The van der Waals surface area contributed by atoms with Crippen molar-refractivity contribution in [1.29, 1.82) is 0 Å². The number of hydrogen-bond acceptors (Lipinski definition) is 6. The number of ketones is 1. The van der Waals surface area contributed by atoms with E-state index >= 15 is 0 Å². The number of rotatable bonds is 12. The Morgan fingerprint density at radius 3 is 2.25 bits per heavy atom. The molecule has 3 atom stereocenters. The summed E-state index contributed by atoms with van der Waals surface area (Å²) in [6, 6.07) is 12.0. The molecule has 0 bridgehead atoms. The van der Waals surface area contributed by atoms with Crippen LogP contribution in [-0.4, -0.2) is 69.8 Å². The van der Waals surface area contributed by atoms with Crippen LogP contribution in [0.5, 0.6) is 5.75 Å². The van der Waals surface area contributed by atoms with E-state index in [0.29, 0.717) is 45.1 Å². The smallest absolute Gasteiger partial charge is 0.315 e. The molecule has 2 saturated carbocycles. The summed E-state index contributed by atoms with van der Waals surface area (Å²) in [4.78, 5) is 67.9. The summed E-state index contributed by atoms with van der Waals surface area (Å²) in [6.07, 6.45) is 9.57. The van der Waals surface area contributed by atoms with Crippen molar-refractivity contribution in [2.24, 2.45) is 17.6 Å². The van der Waals surface area contributed by atoms with Crippen LogP contribution in [0.15, 0.2) is 48.5 Å². The monoisotopic (exact) mass is 657 g/mol. The number of phenolic OH excluding ortho intramolecular Hbond substituents is 1. The molecule has 2 aromatic carbocycles. The quantitative estimate of drug-likeness (QED) is 0.220. The Labute approximate surface area is 281 Å². The van der Waals surface area contributed by atoms with Crippen LogP contribution in [0.3, 0.4) is 0 Å². The molecular weight excluding hydrogens is 610 g/mol. The number of nitrogens with two attached hydrogens (primary N) is 1. The summed E-state index contributed by atoms with van der Waals surface area (Å²) in [6.45, 7) is 0.342. The van der Waals surface area contributed by atoms with Gasteiger partial charge in [-0.15, -0.1) is 0 Å². The molecule has 0 radical (unpaired) electrons. The zero-order valence-corrected chi connectivity index (χ0v) is 27.4. The van der Waals surface area contributed by atoms with Gasteiger partial charge < -0.3 is 31.7 Å². The first-order valence-electron chi connectivity index (χ1n) is 17.5. The summed E-state index contributed by atoms with van der Waals surface area (Å²) < 4.78 is 0. The van der Waals surface area contributed by atoms with Gasteiger partial charge in [-0.25, -0.2) is 4.79 Å². The first-order chi connectivity index (χ1) is 23.1. The molecule has 4 aliphatic rings. The standard InChI is InChI=1S/C37H47N5O6/c38-33(45)32(44)29(19-23-13-14-23)39-34(46)30-12-7-17-42(30)35(47)31(27-20-25-9-2-3-10-26(25)21-27)40-36(48)41-37(15-4-1-5-16-37)22-24-8-6-11-28(43)18-24/h2-3,6,8-11,18,23,27,29-31,43H,1,4-5,7,12-17,19-22H2,(H2,38,45)(H,39,46)(H2,40,41,48). The fourth-order valence-corrected chi connectivity index (χ4v) is 8.10. The molecule has 256 valence electrons. The van der Waals surface area contributed by atoms with Crippen LogP contribution in [0.4, 0.5) is 4.79 Å². The second-order valence-electron chi connectivity index (χ2n) is 14.4. The zero-order chi connectivity index (χ0) is 33.8. The number of nitrogens with zero attached hydrogens (tertiary/aromatic N) is 1. The van der Waals surface area contributed by atoms with E-state index in [1.54, 1.807) is 18.2 Å². The number of benzene rings is 2. The van der Waals surface area contributed by atoms with Crippen molar-refractivity contribution in [2.75, 3.05) is 6.54 Å². The lowest BCUT2D eigenvalue weighted by molar-refractivity contribution is -0.142. The van der Waals surface area contributed by atoms with Crippen LogP contribution in [0, 0.1) is 11.8 Å². The Balaban J connectivity index is 1.20. The number of primary amides is 1. The van der Waals surface area contributed by atoms with Crippen LogP contribution in [0.25, 0.3) is 0 Å². The maximum absolute atomic E-state index is 14.5. The number of Topliss-reactive ketones (excluding diaryl/α,β-unsaturated/α-hetero) is 1. The van der Waals surface area contributed by atoms with E-state index in [1.165, 1.54) is 4.90 Å². The summed E-state index contributed by atoms with van der Waals surface area (Å²) in [7, 11) is 0. The topological polar surface area (TPSA) is 171 Å². The number of nitrogens with one attached hydrogen (secondary N) is 3. The number of amides is 5. The Morgan fingerprint density at radius 2 is 1.60 bits per heavy atom. The summed E-state index contributed by atoms with van der Waals surface area (Å²) in [5, 5.41) is 19.2. The van der Waals surface area contributed by atoms with Gasteiger partial charge in [0.1, 0.15) is 17.8 Å². The van der Waals surface area contributed by atoms with Crippen molar-refractivity contribution < 1.29 is 29.1 Å². The minimum atomic E-state index is -1.09. The summed E-state index contributed by atoms with van der Waals surface area (Å²) in [5.41, 5.74) is 7.97. The Hall–Kier alpha value is -4.41. The van der Waals surface area contributed by atoms with Crippen molar-refractivity contribution in [2.45, 2.75) is 107 Å². The van der Waals surface area contributed by atoms with Crippen LogP contribution in [-0.2, 0) is 38.4 Å². The number of hydrogen-bond donors (Lipinski definition) is 5. The van der Waals surface area contributed by atoms with Crippen LogP contribution in [0.2, 0.25) is 0 Å². The third-order valence-corrected chi connectivity index (χ3v) is 10.7. The van der Waals surface area contributed by atoms with Crippen molar-refractivity contribution >= 4 is 29.5 Å². The molecule has 3 fully saturated rings. The van der Waals surface area contributed by atoms with Gasteiger partial charge >= 0.3 is 6.03 Å². The lowest BCUT2D eigenvalue weighted by Crippen LogP contribution is -2.61.